The van der Waals surface area contributed by atoms with Gasteiger partial charge in [-0.1, -0.05) is 24.3 Å². The molecule has 6 nitrogen and oxygen atoms in total. The van der Waals surface area contributed by atoms with Crippen molar-refractivity contribution < 1.29 is 22.7 Å². The van der Waals surface area contributed by atoms with Crippen LogP contribution in [-0.4, -0.2) is 73.8 Å². The fourth-order valence-corrected chi connectivity index (χ4v) is 7.04. The minimum atomic E-state index is -3.57. The molecule has 0 aromatic heterocycles. The summed E-state index contributed by atoms with van der Waals surface area (Å²) in [6.45, 7) is 6.72. The maximum Gasteiger partial charge on any atom is 0.243 e. The Bertz CT molecular complexity index is 1080. The molecule has 8 heteroatoms. The fraction of sp³-hybridized carbons (Fsp3) is 0.571. The zero-order chi connectivity index (χ0) is 25.8. The van der Waals surface area contributed by atoms with Crippen molar-refractivity contribution in [2.45, 2.75) is 62.6 Å². The zero-order valence-electron chi connectivity index (χ0n) is 21.4. The van der Waals surface area contributed by atoms with Crippen LogP contribution in [0.4, 0.5) is 4.39 Å². The molecule has 1 atom stereocenters. The smallest absolute Gasteiger partial charge is 0.243 e. The number of likely N-dealkylation sites (tertiary alicyclic amines) is 1. The van der Waals surface area contributed by atoms with E-state index < -0.39 is 15.7 Å². The third-order valence-corrected chi connectivity index (χ3v) is 9.19. The summed E-state index contributed by atoms with van der Waals surface area (Å²) in [4.78, 5) is 2.48. The first-order chi connectivity index (χ1) is 17.2. The Balaban J connectivity index is 1.31. The van der Waals surface area contributed by atoms with Crippen LogP contribution in [0.1, 0.15) is 46.0 Å². The van der Waals surface area contributed by atoms with E-state index in [4.69, 9.17) is 4.74 Å². The maximum absolute atomic E-state index is 13.9. The Morgan fingerprint density at radius 3 is 2.17 bits per heavy atom. The van der Waals surface area contributed by atoms with Gasteiger partial charge in [-0.05, 0) is 100 Å². The molecule has 1 N–H and O–H groups in total. The number of aliphatic hydroxyl groups excluding tert-OH is 1. The van der Waals surface area contributed by atoms with Gasteiger partial charge in [-0.15, -0.1) is 0 Å². The van der Waals surface area contributed by atoms with Crippen molar-refractivity contribution in [1.82, 2.24) is 9.21 Å². The zero-order valence-corrected chi connectivity index (χ0v) is 22.2. The van der Waals surface area contributed by atoms with Crippen molar-refractivity contribution in [2.24, 2.45) is 5.92 Å². The molecule has 2 aromatic carbocycles. The van der Waals surface area contributed by atoms with Crippen LogP contribution in [0.3, 0.4) is 0 Å². The third kappa shape index (κ3) is 6.85. The number of rotatable bonds is 10. The first-order valence-corrected chi connectivity index (χ1v) is 14.5. The van der Waals surface area contributed by atoms with Crippen LogP contribution < -0.4 is 4.74 Å². The molecule has 2 saturated heterocycles. The summed E-state index contributed by atoms with van der Waals surface area (Å²) in [5.41, 5.74) is 0.779. The molecule has 2 heterocycles. The van der Waals surface area contributed by atoms with E-state index in [-0.39, 0.29) is 17.5 Å². The molecule has 0 bridgehead atoms. The molecule has 2 aliphatic rings. The molecular weight excluding hydrogens is 479 g/mol. The Labute approximate surface area is 215 Å². The first kappa shape index (κ1) is 27.0. The normalized spacial score (nSPS) is 20.6. The summed E-state index contributed by atoms with van der Waals surface area (Å²) in [5, 5.41) is 9.26. The van der Waals surface area contributed by atoms with Gasteiger partial charge in [-0.25, -0.2) is 12.8 Å². The molecule has 2 aromatic rings. The SMILES string of the molecule is CC(C)(F)CN1CCC(COc2ccc(-c3ccc(S(=O)(=O)N4CCC[C@@H]4CCO)cc3)cc2)CC1. The molecular formula is C28H39FN2O4S. The van der Waals surface area contributed by atoms with E-state index in [1.54, 1.807) is 26.0 Å². The van der Waals surface area contributed by atoms with Crippen molar-refractivity contribution in [3.8, 4) is 16.9 Å². The maximum atomic E-state index is 13.9. The highest BCUT2D eigenvalue weighted by Crippen LogP contribution is 2.30. The van der Waals surface area contributed by atoms with Crippen molar-refractivity contribution in [3.63, 3.8) is 0 Å². The molecule has 0 unspecified atom stereocenters. The van der Waals surface area contributed by atoms with Crippen molar-refractivity contribution >= 4 is 10.0 Å². The van der Waals surface area contributed by atoms with E-state index in [1.807, 2.05) is 36.4 Å². The number of sulfonamides is 1. The number of nitrogens with zero attached hydrogens (tertiary/aromatic N) is 2. The number of ether oxygens (including phenoxy) is 1. The molecule has 36 heavy (non-hydrogen) atoms. The van der Waals surface area contributed by atoms with E-state index in [1.165, 1.54) is 4.31 Å². The summed E-state index contributed by atoms with van der Waals surface area (Å²) < 4.78 is 47.6. The summed E-state index contributed by atoms with van der Waals surface area (Å²) in [6.07, 6.45) is 4.13. The van der Waals surface area contributed by atoms with Crippen LogP contribution in [0.5, 0.6) is 5.75 Å². The number of hydrogen-bond donors (Lipinski definition) is 1. The Kier molecular flexibility index (Phi) is 8.71. The summed E-state index contributed by atoms with van der Waals surface area (Å²) in [7, 11) is -3.57. The van der Waals surface area contributed by atoms with Crippen LogP contribution >= 0.6 is 0 Å². The molecule has 4 rings (SSSR count). The van der Waals surface area contributed by atoms with Gasteiger partial charge < -0.3 is 14.7 Å². The minimum Gasteiger partial charge on any atom is -0.493 e. The summed E-state index contributed by atoms with van der Waals surface area (Å²) in [5.74, 6) is 1.29. The van der Waals surface area contributed by atoms with Gasteiger partial charge in [0.15, 0.2) is 0 Å². The molecule has 2 aliphatic heterocycles. The lowest BCUT2D eigenvalue weighted by molar-refractivity contribution is 0.0836. The lowest BCUT2D eigenvalue weighted by atomic mass is 9.97. The van der Waals surface area contributed by atoms with Gasteiger partial charge >= 0.3 is 0 Å². The van der Waals surface area contributed by atoms with E-state index >= 15 is 0 Å². The highest BCUT2D eigenvalue weighted by molar-refractivity contribution is 7.89. The molecule has 0 radical (unpaired) electrons. The Morgan fingerprint density at radius 1 is 0.972 bits per heavy atom. The van der Waals surface area contributed by atoms with Crippen LogP contribution in [0.2, 0.25) is 0 Å². The van der Waals surface area contributed by atoms with Gasteiger partial charge in [0.05, 0.1) is 11.5 Å². The fourth-order valence-electron chi connectivity index (χ4n) is 5.32. The van der Waals surface area contributed by atoms with Gasteiger partial charge in [0.1, 0.15) is 11.4 Å². The Hall–Kier alpha value is -2.00. The molecule has 0 saturated carbocycles. The second-order valence-electron chi connectivity index (χ2n) is 10.7. The number of alkyl halides is 1. The number of benzene rings is 2. The first-order valence-electron chi connectivity index (χ1n) is 13.0. The quantitative estimate of drug-likeness (QED) is 0.493. The molecule has 0 aliphatic carbocycles. The predicted molar refractivity (Wildman–Crippen MR) is 140 cm³/mol. The average Bonchev–Trinajstić information content (AvgIpc) is 3.33. The van der Waals surface area contributed by atoms with E-state index in [0.717, 1.165) is 55.6 Å². The number of piperidine rings is 1. The Morgan fingerprint density at radius 2 is 1.58 bits per heavy atom. The third-order valence-electron chi connectivity index (χ3n) is 7.23. The van der Waals surface area contributed by atoms with E-state index in [2.05, 4.69) is 4.90 Å². The highest BCUT2D eigenvalue weighted by Gasteiger charge is 2.34. The van der Waals surface area contributed by atoms with Crippen molar-refractivity contribution in [1.29, 1.82) is 0 Å². The molecule has 0 spiro atoms. The van der Waals surface area contributed by atoms with Gasteiger partial charge in [-0.3, -0.25) is 0 Å². The highest BCUT2D eigenvalue weighted by atomic mass is 32.2. The van der Waals surface area contributed by atoms with Gasteiger partial charge in [0, 0.05) is 25.7 Å². The van der Waals surface area contributed by atoms with E-state index in [0.29, 0.717) is 32.0 Å². The second kappa shape index (κ2) is 11.6. The van der Waals surface area contributed by atoms with Gasteiger partial charge in [-0.2, -0.15) is 4.31 Å². The van der Waals surface area contributed by atoms with Crippen LogP contribution in [0.15, 0.2) is 53.4 Å². The van der Waals surface area contributed by atoms with Crippen LogP contribution in [0.25, 0.3) is 11.1 Å². The average molecular weight is 519 g/mol. The van der Waals surface area contributed by atoms with E-state index in [9.17, 15) is 17.9 Å². The predicted octanol–water partition coefficient (Wildman–Crippen LogP) is 4.73. The monoisotopic (exact) mass is 518 g/mol. The van der Waals surface area contributed by atoms with Crippen molar-refractivity contribution in [2.75, 3.05) is 39.4 Å². The summed E-state index contributed by atoms with van der Waals surface area (Å²) in [6, 6.07) is 14.8. The largest absolute Gasteiger partial charge is 0.493 e. The lowest BCUT2D eigenvalue weighted by Crippen LogP contribution is -2.41. The topological polar surface area (TPSA) is 70.1 Å². The number of aliphatic hydroxyl groups is 1. The van der Waals surface area contributed by atoms with Crippen LogP contribution in [0, 0.1) is 5.92 Å². The second-order valence-corrected chi connectivity index (χ2v) is 12.6. The van der Waals surface area contributed by atoms with Crippen LogP contribution in [-0.2, 0) is 10.0 Å². The van der Waals surface area contributed by atoms with Crippen molar-refractivity contribution in [3.05, 3.63) is 48.5 Å². The number of halogens is 1. The summed E-state index contributed by atoms with van der Waals surface area (Å²) >= 11 is 0. The standard InChI is InChI=1S/C28H39FN2O4S/c1-28(2,29)21-30-17-13-22(14-18-30)20-35-26-9-5-23(6-10-26)24-7-11-27(12-8-24)36(33,34)31-16-3-4-25(31)15-19-32/h5-12,22,25,32H,3-4,13-21H2,1-2H3/t25-/m1/s1. The molecule has 0 amide bonds. The van der Waals surface area contributed by atoms with Gasteiger partial charge in [0.25, 0.3) is 0 Å². The lowest BCUT2D eigenvalue weighted by Gasteiger charge is -2.34. The molecule has 198 valence electrons. The number of hydrogen-bond acceptors (Lipinski definition) is 5. The van der Waals surface area contributed by atoms with Gasteiger partial charge in [0.2, 0.25) is 10.0 Å². The minimum absolute atomic E-state index is 0.00640. The molecule has 2 fully saturated rings.